The minimum atomic E-state index is -0.407. The summed E-state index contributed by atoms with van der Waals surface area (Å²) in [4.78, 5) is 2.55. The molecule has 0 fully saturated rings. The zero-order chi connectivity index (χ0) is 13.8. The van der Waals surface area contributed by atoms with Gasteiger partial charge in [0.25, 0.3) is 0 Å². The number of halogens is 2. The molecule has 0 aliphatic heterocycles. The molecule has 0 spiro atoms. The number of benzene rings is 1. The molecule has 1 nitrogen and oxygen atoms in total. The van der Waals surface area contributed by atoms with Crippen molar-refractivity contribution in [1.82, 2.24) is 5.32 Å². The minimum Gasteiger partial charge on any atom is -0.305 e. The number of nitrogens with one attached hydrogen (secondary N) is 1. The molecule has 1 aromatic carbocycles. The number of aryl methyl sites for hydroxylation is 1. The summed E-state index contributed by atoms with van der Waals surface area (Å²) < 4.78 is 26.5. The van der Waals surface area contributed by atoms with Crippen molar-refractivity contribution < 1.29 is 8.78 Å². The number of rotatable bonds is 5. The van der Waals surface area contributed by atoms with E-state index >= 15 is 0 Å². The summed E-state index contributed by atoms with van der Waals surface area (Å²) in [7, 11) is 0. The molecule has 0 aliphatic rings. The molecule has 1 aromatic heterocycles. The molecule has 102 valence electrons. The molecule has 4 heteroatoms. The van der Waals surface area contributed by atoms with Crippen LogP contribution in [-0.2, 0) is 13.0 Å². The van der Waals surface area contributed by atoms with E-state index < -0.39 is 5.82 Å². The van der Waals surface area contributed by atoms with Crippen molar-refractivity contribution in [2.45, 2.75) is 32.9 Å². The van der Waals surface area contributed by atoms with Gasteiger partial charge in [0.1, 0.15) is 11.6 Å². The third-order valence-corrected chi connectivity index (χ3v) is 4.48. The van der Waals surface area contributed by atoms with Gasteiger partial charge in [-0.1, -0.05) is 6.92 Å². The topological polar surface area (TPSA) is 12.0 Å². The van der Waals surface area contributed by atoms with Crippen LogP contribution in [0.3, 0.4) is 0 Å². The average Bonchev–Trinajstić information content (AvgIpc) is 2.88. The molecule has 19 heavy (non-hydrogen) atoms. The summed E-state index contributed by atoms with van der Waals surface area (Å²) >= 11 is 1.75. The zero-order valence-corrected chi connectivity index (χ0v) is 11.9. The second-order valence-electron chi connectivity index (χ2n) is 4.50. The second kappa shape index (κ2) is 6.26. The number of hydrogen-bond donors (Lipinski definition) is 1. The normalized spacial score (nSPS) is 12.6. The fourth-order valence-corrected chi connectivity index (χ4v) is 2.84. The Kier molecular flexibility index (Phi) is 4.66. The van der Waals surface area contributed by atoms with Gasteiger partial charge < -0.3 is 5.32 Å². The van der Waals surface area contributed by atoms with Crippen molar-refractivity contribution in [2.24, 2.45) is 0 Å². The zero-order valence-electron chi connectivity index (χ0n) is 11.0. The van der Waals surface area contributed by atoms with E-state index in [0.717, 1.165) is 18.6 Å². The smallest absolute Gasteiger partial charge is 0.127 e. The highest BCUT2D eigenvalue weighted by Crippen LogP contribution is 2.24. The summed E-state index contributed by atoms with van der Waals surface area (Å²) in [6, 6.07) is 7.87. The van der Waals surface area contributed by atoms with Crippen LogP contribution in [0.1, 0.15) is 35.2 Å². The van der Waals surface area contributed by atoms with Crippen LogP contribution in [0.5, 0.6) is 0 Å². The van der Waals surface area contributed by atoms with Crippen molar-refractivity contribution in [1.29, 1.82) is 0 Å². The first-order valence-electron chi connectivity index (χ1n) is 6.36. The maximum atomic E-state index is 13.5. The molecule has 0 radical (unpaired) electrons. The van der Waals surface area contributed by atoms with Gasteiger partial charge in [0.15, 0.2) is 0 Å². The van der Waals surface area contributed by atoms with Crippen LogP contribution < -0.4 is 5.32 Å². The molecule has 0 saturated carbocycles. The molecular formula is C15H17F2NS. The minimum absolute atomic E-state index is 0.132. The first-order valence-corrected chi connectivity index (χ1v) is 7.17. The first kappa shape index (κ1) is 14.2. The van der Waals surface area contributed by atoms with Gasteiger partial charge in [0.05, 0.1) is 0 Å². The Labute approximate surface area is 116 Å². The van der Waals surface area contributed by atoms with Gasteiger partial charge in [-0.05, 0) is 43.7 Å². The molecule has 0 aliphatic carbocycles. The van der Waals surface area contributed by atoms with Crippen molar-refractivity contribution in [2.75, 3.05) is 0 Å². The highest BCUT2D eigenvalue weighted by molar-refractivity contribution is 7.12. The van der Waals surface area contributed by atoms with E-state index in [2.05, 4.69) is 24.4 Å². The van der Waals surface area contributed by atoms with Crippen molar-refractivity contribution in [3.8, 4) is 0 Å². The van der Waals surface area contributed by atoms with Crippen LogP contribution >= 0.6 is 11.3 Å². The maximum absolute atomic E-state index is 13.5. The molecule has 0 bridgehead atoms. The van der Waals surface area contributed by atoms with Gasteiger partial charge in [0.2, 0.25) is 0 Å². The summed E-state index contributed by atoms with van der Waals surface area (Å²) in [5.74, 6) is -0.781. The highest BCUT2D eigenvalue weighted by atomic mass is 32.1. The van der Waals surface area contributed by atoms with Gasteiger partial charge in [-0.25, -0.2) is 8.78 Å². The standard InChI is InChI=1S/C15H17F2NS/c1-3-13-5-7-15(19-13)10(2)18-9-11-8-12(16)4-6-14(11)17/h4-8,10,18H,3,9H2,1-2H3. The Morgan fingerprint density at radius 3 is 2.68 bits per heavy atom. The lowest BCUT2D eigenvalue weighted by Gasteiger charge is -2.12. The molecule has 2 aromatic rings. The fraction of sp³-hybridized carbons (Fsp3) is 0.333. The summed E-state index contributed by atoms with van der Waals surface area (Å²) in [6.45, 7) is 4.47. The van der Waals surface area contributed by atoms with E-state index in [1.807, 2.05) is 6.92 Å². The lowest BCUT2D eigenvalue weighted by molar-refractivity contribution is 0.539. The van der Waals surface area contributed by atoms with Crippen LogP contribution in [0.15, 0.2) is 30.3 Å². The van der Waals surface area contributed by atoms with Crippen molar-refractivity contribution >= 4 is 11.3 Å². The quantitative estimate of drug-likeness (QED) is 0.854. The largest absolute Gasteiger partial charge is 0.305 e. The summed E-state index contributed by atoms with van der Waals surface area (Å²) in [5.41, 5.74) is 0.360. The lowest BCUT2D eigenvalue weighted by Crippen LogP contribution is -2.18. The van der Waals surface area contributed by atoms with Gasteiger partial charge in [0, 0.05) is 27.9 Å². The van der Waals surface area contributed by atoms with Crippen LogP contribution in [0, 0.1) is 11.6 Å². The maximum Gasteiger partial charge on any atom is 0.127 e. The van der Waals surface area contributed by atoms with E-state index in [-0.39, 0.29) is 11.9 Å². The van der Waals surface area contributed by atoms with Crippen LogP contribution in [0.2, 0.25) is 0 Å². The highest BCUT2D eigenvalue weighted by Gasteiger charge is 2.10. The van der Waals surface area contributed by atoms with Crippen molar-refractivity contribution in [3.05, 3.63) is 57.3 Å². The first-order chi connectivity index (χ1) is 9.10. The van der Waals surface area contributed by atoms with E-state index in [4.69, 9.17) is 0 Å². The number of hydrogen-bond acceptors (Lipinski definition) is 2. The van der Waals surface area contributed by atoms with Gasteiger partial charge in [-0.3, -0.25) is 0 Å². The predicted molar refractivity (Wildman–Crippen MR) is 75.3 cm³/mol. The van der Waals surface area contributed by atoms with E-state index in [1.165, 1.54) is 15.8 Å². The fourth-order valence-electron chi connectivity index (χ4n) is 1.86. The van der Waals surface area contributed by atoms with Crippen molar-refractivity contribution in [3.63, 3.8) is 0 Å². The van der Waals surface area contributed by atoms with E-state index in [1.54, 1.807) is 11.3 Å². The molecule has 1 unspecified atom stereocenters. The van der Waals surface area contributed by atoms with E-state index in [9.17, 15) is 8.78 Å². The third-order valence-electron chi connectivity index (χ3n) is 3.06. The molecule has 1 N–H and O–H groups in total. The average molecular weight is 281 g/mol. The Morgan fingerprint density at radius 1 is 1.21 bits per heavy atom. The van der Waals surface area contributed by atoms with Crippen LogP contribution in [0.4, 0.5) is 8.78 Å². The van der Waals surface area contributed by atoms with Gasteiger partial charge >= 0.3 is 0 Å². The molecule has 2 rings (SSSR count). The lowest BCUT2D eigenvalue weighted by atomic mass is 10.2. The SMILES string of the molecule is CCc1ccc(C(C)NCc2cc(F)ccc2F)s1. The Bertz CT molecular complexity index is 551. The van der Waals surface area contributed by atoms with Crippen LogP contribution in [-0.4, -0.2) is 0 Å². The Hall–Kier alpha value is -1.26. The summed E-state index contributed by atoms with van der Waals surface area (Å²) in [6.07, 6.45) is 1.02. The Balaban J connectivity index is 1.99. The number of thiophene rings is 1. The van der Waals surface area contributed by atoms with Crippen LogP contribution in [0.25, 0.3) is 0 Å². The predicted octanol–water partition coefficient (Wildman–Crippen LogP) is 4.44. The van der Waals surface area contributed by atoms with Gasteiger partial charge in [-0.15, -0.1) is 11.3 Å². The van der Waals surface area contributed by atoms with Gasteiger partial charge in [-0.2, -0.15) is 0 Å². The van der Waals surface area contributed by atoms with E-state index in [0.29, 0.717) is 12.1 Å². The molecular weight excluding hydrogens is 264 g/mol. The molecule has 0 saturated heterocycles. The molecule has 1 heterocycles. The summed E-state index contributed by atoms with van der Waals surface area (Å²) in [5, 5.41) is 3.22. The Morgan fingerprint density at radius 2 is 2.00 bits per heavy atom. The molecule has 1 atom stereocenters. The third kappa shape index (κ3) is 3.61. The molecule has 0 amide bonds. The second-order valence-corrected chi connectivity index (χ2v) is 5.70. The monoisotopic (exact) mass is 281 g/mol.